The van der Waals surface area contributed by atoms with Crippen LogP contribution in [0.5, 0.6) is 17.2 Å². The molecule has 0 radical (unpaired) electrons. The van der Waals surface area contributed by atoms with Gasteiger partial charge in [-0.25, -0.2) is 4.98 Å². The lowest BCUT2D eigenvalue weighted by atomic mass is 9.99. The van der Waals surface area contributed by atoms with Crippen molar-refractivity contribution in [2.24, 2.45) is 7.05 Å². The van der Waals surface area contributed by atoms with E-state index in [1.807, 2.05) is 20.8 Å². The highest BCUT2D eigenvalue weighted by molar-refractivity contribution is 6.04. The Labute approximate surface area is 186 Å². The maximum atomic E-state index is 12.8. The molecule has 0 fully saturated rings. The molecule has 0 unspecified atom stereocenters. The summed E-state index contributed by atoms with van der Waals surface area (Å²) in [6.07, 6.45) is 5.15. The first-order valence-electron chi connectivity index (χ1n) is 10.6. The summed E-state index contributed by atoms with van der Waals surface area (Å²) in [7, 11) is 1.78. The highest BCUT2D eigenvalue weighted by atomic mass is 16.5. The average Bonchev–Trinajstić information content (AvgIpc) is 3.29. The lowest BCUT2D eigenvalue weighted by Crippen LogP contribution is -2.24. The molecular weight excluding hydrogens is 408 g/mol. The Morgan fingerprint density at radius 1 is 1.25 bits per heavy atom. The van der Waals surface area contributed by atoms with Crippen molar-refractivity contribution in [1.82, 2.24) is 14.8 Å². The standard InChI is InChI=1S/C24H26N4O4/c1-5-6-19(29)18-8-7-16(14-25-18)31-20-11-15(12-21-17(20)13-24(2,3)32-21)23(30)26-22-9-10-28(4)27-22/h7-12,14H,5-6,13H2,1-4H3,(H,26,27,30). The van der Waals surface area contributed by atoms with E-state index in [1.165, 1.54) is 6.20 Å². The second-order valence-electron chi connectivity index (χ2n) is 8.47. The van der Waals surface area contributed by atoms with E-state index in [0.717, 1.165) is 12.0 Å². The maximum Gasteiger partial charge on any atom is 0.257 e. The molecule has 3 heterocycles. The van der Waals surface area contributed by atoms with Crippen LogP contribution in [0.1, 0.15) is 60.0 Å². The Balaban J connectivity index is 1.62. The molecule has 1 aromatic carbocycles. The van der Waals surface area contributed by atoms with E-state index in [4.69, 9.17) is 9.47 Å². The minimum atomic E-state index is -0.412. The number of ketones is 1. The molecule has 0 saturated heterocycles. The quantitative estimate of drug-likeness (QED) is 0.548. The van der Waals surface area contributed by atoms with Crippen LogP contribution < -0.4 is 14.8 Å². The molecular formula is C24H26N4O4. The number of Topliss-reactive ketones (excluding diaryl/α,β-unsaturated/α-hetero) is 1. The molecule has 0 spiro atoms. The van der Waals surface area contributed by atoms with E-state index < -0.39 is 5.60 Å². The van der Waals surface area contributed by atoms with Crippen LogP contribution in [0, 0.1) is 0 Å². The molecule has 1 amide bonds. The molecule has 0 atom stereocenters. The number of aromatic nitrogens is 3. The average molecular weight is 434 g/mol. The van der Waals surface area contributed by atoms with Gasteiger partial charge in [0.05, 0.1) is 6.20 Å². The number of aryl methyl sites for hydroxylation is 1. The number of nitrogens with zero attached hydrogens (tertiary/aromatic N) is 3. The topological polar surface area (TPSA) is 95.3 Å². The van der Waals surface area contributed by atoms with E-state index in [2.05, 4.69) is 15.4 Å². The second kappa shape index (κ2) is 8.45. The van der Waals surface area contributed by atoms with E-state index in [-0.39, 0.29) is 11.7 Å². The number of ether oxygens (including phenoxy) is 2. The van der Waals surface area contributed by atoms with Crippen LogP contribution in [0.2, 0.25) is 0 Å². The number of hydrogen-bond acceptors (Lipinski definition) is 6. The molecule has 4 rings (SSSR count). The molecule has 8 heteroatoms. The smallest absolute Gasteiger partial charge is 0.257 e. The van der Waals surface area contributed by atoms with Crippen molar-refractivity contribution >= 4 is 17.5 Å². The van der Waals surface area contributed by atoms with Gasteiger partial charge in [0.1, 0.15) is 28.5 Å². The number of hydrogen-bond donors (Lipinski definition) is 1. The monoisotopic (exact) mass is 434 g/mol. The molecule has 1 aliphatic heterocycles. The summed E-state index contributed by atoms with van der Waals surface area (Å²) < 4.78 is 13.8. The zero-order valence-corrected chi connectivity index (χ0v) is 18.6. The zero-order valence-electron chi connectivity index (χ0n) is 18.6. The lowest BCUT2D eigenvalue weighted by Gasteiger charge is -2.16. The van der Waals surface area contributed by atoms with Crippen molar-refractivity contribution in [1.29, 1.82) is 0 Å². The number of carbonyl (C=O) groups excluding carboxylic acids is 2. The SMILES string of the molecule is CCCC(=O)c1ccc(Oc2cc(C(=O)Nc3ccn(C)n3)cc3c2CC(C)(C)O3)cn1. The number of rotatable bonds is 7. The van der Waals surface area contributed by atoms with Gasteiger partial charge in [-0.3, -0.25) is 14.3 Å². The molecule has 166 valence electrons. The predicted molar refractivity (Wildman–Crippen MR) is 120 cm³/mol. The van der Waals surface area contributed by atoms with Gasteiger partial charge < -0.3 is 14.8 Å². The van der Waals surface area contributed by atoms with Crippen LogP contribution in [0.4, 0.5) is 5.82 Å². The van der Waals surface area contributed by atoms with E-state index >= 15 is 0 Å². The third-order valence-electron chi connectivity index (χ3n) is 5.10. The normalized spacial score (nSPS) is 13.9. The number of amides is 1. The predicted octanol–water partition coefficient (Wildman–Crippen LogP) is 4.56. The number of nitrogens with one attached hydrogen (secondary N) is 1. The maximum absolute atomic E-state index is 12.8. The van der Waals surface area contributed by atoms with Gasteiger partial charge in [-0.05, 0) is 44.5 Å². The number of pyridine rings is 1. The summed E-state index contributed by atoms with van der Waals surface area (Å²) in [6.45, 7) is 5.93. The summed E-state index contributed by atoms with van der Waals surface area (Å²) in [5.41, 5.74) is 1.28. The summed E-state index contributed by atoms with van der Waals surface area (Å²) in [5.74, 6) is 1.76. The molecule has 0 bridgehead atoms. The minimum absolute atomic E-state index is 0.00304. The van der Waals surface area contributed by atoms with Gasteiger partial charge >= 0.3 is 0 Å². The minimum Gasteiger partial charge on any atom is -0.487 e. The van der Waals surface area contributed by atoms with E-state index in [9.17, 15) is 9.59 Å². The fourth-order valence-electron chi connectivity index (χ4n) is 3.62. The van der Waals surface area contributed by atoms with Gasteiger partial charge in [-0.1, -0.05) is 6.92 Å². The van der Waals surface area contributed by atoms with Crippen molar-refractivity contribution in [2.45, 2.75) is 45.6 Å². The summed E-state index contributed by atoms with van der Waals surface area (Å²) >= 11 is 0. The van der Waals surface area contributed by atoms with E-state index in [1.54, 1.807) is 48.3 Å². The van der Waals surface area contributed by atoms with Crippen LogP contribution in [0.3, 0.4) is 0 Å². The van der Waals surface area contributed by atoms with Crippen LogP contribution in [0.15, 0.2) is 42.7 Å². The molecule has 0 aliphatic carbocycles. The van der Waals surface area contributed by atoms with Gasteiger partial charge in [0, 0.05) is 43.3 Å². The third kappa shape index (κ3) is 4.64. The Bertz CT molecular complexity index is 1170. The Kier molecular flexibility index (Phi) is 5.69. The first-order chi connectivity index (χ1) is 15.2. The molecule has 2 aromatic heterocycles. The fraction of sp³-hybridized carbons (Fsp3) is 0.333. The number of fused-ring (bicyclic) bond motifs is 1. The molecule has 1 aliphatic rings. The Hall–Kier alpha value is -3.68. The molecule has 0 saturated carbocycles. The van der Waals surface area contributed by atoms with Crippen molar-refractivity contribution < 1.29 is 19.1 Å². The second-order valence-corrected chi connectivity index (χ2v) is 8.47. The first-order valence-corrected chi connectivity index (χ1v) is 10.6. The Morgan fingerprint density at radius 3 is 2.72 bits per heavy atom. The zero-order chi connectivity index (χ0) is 22.9. The largest absolute Gasteiger partial charge is 0.487 e. The van der Waals surface area contributed by atoms with Gasteiger partial charge in [0.25, 0.3) is 5.91 Å². The Morgan fingerprint density at radius 2 is 2.06 bits per heavy atom. The third-order valence-corrected chi connectivity index (χ3v) is 5.10. The summed E-state index contributed by atoms with van der Waals surface area (Å²) in [4.78, 5) is 29.1. The molecule has 32 heavy (non-hydrogen) atoms. The van der Waals surface area contributed by atoms with Crippen molar-refractivity contribution in [3.63, 3.8) is 0 Å². The summed E-state index contributed by atoms with van der Waals surface area (Å²) in [5, 5.41) is 6.97. The van der Waals surface area contributed by atoms with Crippen LogP contribution in [-0.2, 0) is 13.5 Å². The highest BCUT2D eigenvalue weighted by Crippen LogP contribution is 2.43. The molecule has 1 N–H and O–H groups in total. The van der Waals surface area contributed by atoms with Gasteiger partial charge in [-0.2, -0.15) is 5.10 Å². The van der Waals surface area contributed by atoms with Gasteiger partial charge in [0.2, 0.25) is 0 Å². The summed E-state index contributed by atoms with van der Waals surface area (Å²) in [6, 6.07) is 8.50. The van der Waals surface area contributed by atoms with Gasteiger partial charge in [-0.15, -0.1) is 0 Å². The van der Waals surface area contributed by atoms with Crippen molar-refractivity contribution in [3.05, 3.63) is 59.5 Å². The van der Waals surface area contributed by atoms with Crippen molar-refractivity contribution in [2.75, 3.05) is 5.32 Å². The lowest BCUT2D eigenvalue weighted by molar-refractivity contribution is 0.0975. The molecule has 8 nitrogen and oxygen atoms in total. The van der Waals surface area contributed by atoms with Crippen LogP contribution in [0.25, 0.3) is 0 Å². The number of anilines is 1. The highest BCUT2D eigenvalue weighted by Gasteiger charge is 2.34. The van der Waals surface area contributed by atoms with Crippen LogP contribution in [-0.4, -0.2) is 32.1 Å². The van der Waals surface area contributed by atoms with E-state index in [0.29, 0.717) is 47.2 Å². The van der Waals surface area contributed by atoms with Crippen LogP contribution >= 0.6 is 0 Å². The fourth-order valence-corrected chi connectivity index (χ4v) is 3.62. The van der Waals surface area contributed by atoms with Crippen molar-refractivity contribution in [3.8, 4) is 17.2 Å². The number of carbonyl (C=O) groups is 2. The van der Waals surface area contributed by atoms with Gasteiger partial charge in [0.15, 0.2) is 11.6 Å². The molecule has 3 aromatic rings. The first kappa shape index (κ1) is 21.5. The number of benzene rings is 1.